The van der Waals surface area contributed by atoms with E-state index >= 15 is 0 Å². The number of nitrogens with zero attached hydrogens (tertiary/aromatic N) is 3. The number of aromatic amines is 1. The monoisotopic (exact) mass is 483 g/mol. The molecule has 0 atom stereocenters. The number of aryl methyl sites for hydroxylation is 3. The third kappa shape index (κ3) is 5.02. The molecule has 0 fully saturated rings. The number of aromatic nitrogens is 2. The molecule has 0 aliphatic heterocycles. The van der Waals surface area contributed by atoms with Crippen LogP contribution in [0.25, 0.3) is 4.72 Å². The Morgan fingerprint density at radius 1 is 1.30 bits per heavy atom. The van der Waals surface area contributed by atoms with Gasteiger partial charge in [0.15, 0.2) is 5.69 Å². The van der Waals surface area contributed by atoms with Crippen molar-refractivity contribution in [3.8, 4) is 6.07 Å². The van der Waals surface area contributed by atoms with Crippen LogP contribution in [0.5, 0.6) is 0 Å². The van der Waals surface area contributed by atoms with Gasteiger partial charge in [-0.25, -0.2) is 13.4 Å². The number of amides is 1. The number of nitrogens with one attached hydrogen (secondary N) is 2. The molecule has 0 unspecified atom stereocenters. The van der Waals surface area contributed by atoms with Crippen molar-refractivity contribution in [3.05, 3.63) is 63.1 Å². The molecule has 1 amide bonds. The van der Waals surface area contributed by atoms with E-state index in [9.17, 15) is 18.5 Å². The standard InChI is InChI=1S/C22H21N5O4S2/c1-13-14(2)26-31-21(13)27-33(29,30)18-8-6-17(7-9-18)24-20(28)12-32-22-16(11-23)10-15-4-3-5-19(15)25-22/h6-10H,3-5,12H2,1-2H3,(H2,24,26,27,28). The summed E-state index contributed by atoms with van der Waals surface area (Å²) in [5, 5.41) is 16.5. The summed E-state index contributed by atoms with van der Waals surface area (Å²) in [4.78, 5) is 15.6. The maximum atomic E-state index is 12.5. The molecule has 2 aromatic heterocycles. The SMILES string of the molecule is Cc1noc([N-]S(=O)(=O)c2ccc(NC(=O)CSc3[nH+]c4c(cc3C#N)CCC4)cc2)c1C. The summed E-state index contributed by atoms with van der Waals surface area (Å²) < 4.78 is 33.7. The number of fused-ring (bicyclic) bond motifs is 1. The van der Waals surface area contributed by atoms with Crippen LogP contribution in [0.3, 0.4) is 0 Å². The van der Waals surface area contributed by atoms with Gasteiger partial charge in [0.1, 0.15) is 21.7 Å². The lowest BCUT2D eigenvalue weighted by Gasteiger charge is -2.19. The van der Waals surface area contributed by atoms with Gasteiger partial charge in [-0.15, -0.1) is 0 Å². The molecule has 2 N–H and O–H groups in total. The van der Waals surface area contributed by atoms with E-state index in [-0.39, 0.29) is 22.4 Å². The van der Waals surface area contributed by atoms with E-state index in [1.54, 1.807) is 13.8 Å². The van der Waals surface area contributed by atoms with Crippen molar-refractivity contribution < 1.29 is 22.7 Å². The number of anilines is 1. The average molecular weight is 484 g/mol. The topological polar surface area (TPSA) is 141 Å². The van der Waals surface area contributed by atoms with Gasteiger partial charge in [0, 0.05) is 17.7 Å². The highest BCUT2D eigenvalue weighted by Crippen LogP contribution is 2.32. The Kier molecular flexibility index (Phi) is 6.40. The van der Waals surface area contributed by atoms with Crippen LogP contribution < -0.4 is 10.3 Å². The number of pyridine rings is 1. The summed E-state index contributed by atoms with van der Waals surface area (Å²) in [6.07, 6.45) is 2.96. The third-order valence-corrected chi connectivity index (χ3v) is 7.62. The predicted molar refractivity (Wildman–Crippen MR) is 122 cm³/mol. The number of thioether (sulfide) groups is 1. The lowest BCUT2D eigenvalue weighted by Crippen LogP contribution is -2.19. The van der Waals surface area contributed by atoms with Gasteiger partial charge in [-0.1, -0.05) is 5.16 Å². The first-order valence-electron chi connectivity index (χ1n) is 10.2. The smallest absolute Gasteiger partial charge is 0.257 e. The largest absolute Gasteiger partial charge is 0.539 e. The number of rotatable bonds is 7. The first kappa shape index (κ1) is 22.8. The first-order valence-corrected chi connectivity index (χ1v) is 12.6. The van der Waals surface area contributed by atoms with E-state index < -0.39 is 10.0 Å². The van der Waals surface area contributed by atoms with Gasteiger partial charge < -0.3 is 14.6 Å². The van der Waals surface area contributed by atoms with Crippen molar-refractivity contribution in [2.45, 2.75) is 43.0 Å². The van der Waals surface area contributed by atoms with Crippen molar-refractivity contribution in [3.63, 3.8) is 0 Å². The second-order valence-corrected chi connectivity index (χ2v) is 10.2. The number of H-pyrrole nitrogens is 1. The number of nitriles is 1. The van der Waals surface area contributed by atoms with Crippen LogP contribution in [0.15, 0.2) is 44.8 Å². The summed E-state index contributed by atoms with van der Waals surface area (Å²) in [6.45, 7) is 3.38. The molecule has 4 rings (SSSR count). The van der Waals surface area contributed by atoms with Crippen molar-refractivity contribution in [2.24, 2.45) is 0 Å². The molecule has 33 heavy (non-hydrogen) atoms. The molecule has 11 heteroatoms. The second-order valence-electron chi connectivity index (χ2n) is 7.61. The van der Waals surface area contributed by atoms with Crippen molar-refractivity contribution in [1.82, 2.24) is 5.16 Å². The normalized spacial score (nSPS) is 12.8. The Hall–Kier alpha value is -3.36. The van der Waals surface area contributed by atoms with E-state index in [0.29, 0.717) is 27.5 Å². The maximum absolute atomic E-state index is 12.5. The molecule has 1 aliphatic rings. The van der Waals surface area contributed by atoms with Crippen molar-refractivity contribution in [1.29, 1.82) is 5.26 Å². The lowest BCUT2D eigenvalue weighted by atomic mass is 10.2. The fraction of sp³-hybridized carbons (Fsp3) is 0.273. The number of hydrogen-bond acceptors (Lipinski definition) is 7. The van der Waals surface area contributed by atoms with Crippen molar-refractivity contribution in [2.75, 3.05) is 11.1 Å². The second kappa shape index (κ2) is 9.25. The maximum Gasteiger partial charge on any atom is 0.257 e. The molecule has 0 spiro atoms. The van der Waals surface area contributed by atoms with Crippen LogP contribution in [-0.2, 0) is 27.7 Å². The number of sulfonamides is 1. The summed E-state index contributed by atoms with van der Waals surface area (Å²) in [7, 11) is -3.99. The summed E-state index contributed by atoms with van der Waals surface area (Å²) in [6, 6.07) is 9.78. The Morgan fingerprint density at radius 2 is 2.06 bits per heavy atom. The van der Waals surface area contributed by atoms with Crippen LogP contribution in [0.4, 0.5) is 11.6 Å². The fourth-order valence-electron chi connectivity index (χ4n) is 3.41. The van der Waals surface area contributed by atoms with E-state index in [2.05, 4.69) is 26.2 Å². The van der Waals surface area contributed by atoms with Crippen LogP contribution >= 0.6 is 11.8 Å². The van der Waals surface area contributed by atoms with Crippen LogP contribution in [0.2, 0.25) is 0 Å². The minimum Gasteiger partial charge on any atom is -0.539 e. The molecular formula is C22H21N5O4S2. The number of carbonyl (C=O) groups excluding carboxylic acids is 1. The third-order valence-electron chi connectivity index (χ3n) is 5.33. The average Bonchev–Trinajstić information content (AvgIpc) is 3.38. The zero-order valence-electron chi connectivity index (χ0n) is 18.0. The van der Waals surface area contributed by atoms with Crippen molar-refractivity contribution >= 4 is 39.3 Å². The van der Waals surface area contributed by atoms with Gasteiger partial charge in [-0.3, -0.25) is 4.79 Å². The Bertz CT molecular complexity index is 1360. The highest BCUT2D eigenvalue weighted by Gasteiger charge is 2.23. The Balaban J connectivity index is 1.38. The minimum absolute atomic E-state index is 0.0327. The summed E-state index contributed by atoms with van der Waals surface area (Å²) >= 11 is 1.26. The number of benzene rings is 1. The molecule has 2 heterocycles. The van der Waals surface area contributed by atoms with Crippen LogP contribution in [0, 0.1) is 25.2 Å². The fourth-order valence-corrected chi connectivity index (χ4v) is 5.18. The van der Waals surface area contributed by atoms with Gasteiger partial charge in [0.25, 0.3) is 5.03 Å². The molecule has 0 saturated heterocycles. The predicted octanol–water partition coefficient (Wildman–Crippen LogP) is 3.59. The van der Waals surface area contributed by atoms with Crippen LogP contribution in [0.1, 0.15) is 34.5 Å². The lowest BCUT2D eigenvalue weighted by molar-refractivity contribution is -0.437. The molecule has 0 bridgehead atoms. The van der Waals surface area contributed by atoms with E-state index in [0.717, 1.165) is 30.5 Å². The van der Waals surface area contributed by atoms with Gasteiger partial charge >= 0.3 is 0 Å². The van der Waals surface area contributed by atoms with Gasteiger partial charge in [-0.05, 0) is 74.3 Å². The highest BCUT2D eigenvalue weighted by molar-refractivity contribution is 7.99. The van der Waals surface area contributed by atoms with Gasteiger partial charge in [0.05, 0.1) is 22.2 Å². The Labute approximate surface area is 195 Å². The quantitative estimate of drug-likeness (QED) is 0.506. The zero-order chi connectivity index (χ0) is 23.6. The zero-order valence-corrected chi connectivity index (χ0v) is 19.6. The first-order chi connectivity index (χ1) is 15.8. The summed E-state index contributed by atoms with van der Waals surface area (Å²) in [5.41, 5.74) is 4.39. The molecule has 3 aromatic rings. The summed E-state index contributed by atoms with van der Waals surface area (Å²) in [5.74, 6) is -0.225. The highest BCUT2D eigenvalue weighted by atomic mass is 32.2. The van der Waals surface area contributed by atoms with E-state index in [1.165, 1.54) is 36.0 Å². The molecule has 9 nitrogen and oxygen atoms in total. The van der Waals surface area contributed by atoms with Crippen LogP contribution in [-0.4, -0.2) is 25.2 Å². The minimum atomic E-state index is -3.99. The molecule has 170 valence electrons. The van der Waals surface area contributed by atoms with E-state index in [1.807, 2.05) is 6.07 Å². The molecule has 1 aliphatic carbocycles. The van der Waals surface area contributed by atoms with Gasteiger partial charge in [-0.2, -0.15) is 5.26 Å². The molecule has 0 saturated carbocycles. The molecule has 1 aromatic carbocycles. The number of carbonyl (C=O) groups is 1. The van der Waals surface area contributed by atoms with E-state index in [4.69, 9.17) is 4.52 Å². The molecular weight excluding hydrogens is 462 g/mol. The molecule has 0 radical (unpaired) electrons. The van der Waals surface area contributed by atoms with Gasteiger partial charge in [0.2, 0.25) is 5.91 Å². The number of hydrogen-bond donors (Lipinski definition) is 1. The Morgan fingerprint density at radius 3 is 2.73 bits per heavy atom.